The number of pyridine rings is 1. The smallest absolute Gasteiger partial charge is 0.261 e. The van der Waals surface area contributed by atoms with Crippen molar-refractivity contribution in [1.29, 1.82) is 0 Å². The minimum absolute atomic E-state index is 0.335. The molecule has 2 fully saturated rings. The Morgan fingerprint density at radius 2 is 1.72 bits per heavy atom. The number of aromatic nitrogens is 3. The van der Waals surface area contributed by atoms with Crippen molar-refractivity contribution in [3.05, 3.63) is 35.7 Å². The molecule has 5 rings (SSSR count). The molecule has 170 valence electrons. The maximum Gasteiger partial charge on any atom is 0.261 e. The Morgan fingerprint density at radius 1 is 0.969 bits per heavy atom. The van der Waals surface area contributed by atoms with E-state index < -0.39 is 0 Å². The lowest BCUT2D eigenvalue weighted by molar-refractivity contribution is -0.0439. The zero-order chi connectivity index (χ0) is 22.2. The third kappa shape index (κ3) is 4.50. The molecular weight excluding hydrogens is 402 g/mol. The first-order valence-corrected chi connectivity index (χ1v) is 11.8. The van der Waals surface area contributed by atoms with E-state index in [0.29, 0.717) is 36.0 Å². The highest BCUT2D eigenvalue weighted by Crippen LogP contribution is 2.33. The first-order valence-electron chi connectivity index (χ1n) is 11.8. The minimum atomic E-state index is 0.335. The van der Waals surface area contributed by atoms with E-state index in [4.69, 9.17) is 14.2 Å². The predicted molar refractivity (Wildman–Crippen MR) is 126 cm³/mol. The molecule has 2 saturated heterocycles. The summed E-state index contributed by atoms with van der Waals surface area (Å²) in [4.78, 5) is 11.9. The average Bonchev–Trinajstić information content (AvgIpc) is 3.19. The van der Waals surface area contributed by atoms with Gasteiger partial charge in [0.25, 0.3) is 5.89 Å². The highest BCUT2D eigenvalue weighted by Gasteiger charge is 2.29. The van der Waals surface area contributed by atoms with E-state index in [0.717, 1.165) is 61.1 Å². The van der Waals surface area contributed by atoms with E-state index in [1.54, 1.807) is 0 Å². The number of piperidine rings is 1. The number of fused-ring (bicyclic) bond motifs is 1. The fraction of sp³-hybridized carbons (Fsp3) is 0.560. The van der Waals surface area contributed by atoms with Gasteiger partial charge in [0.15, 0.2) is 5.82 Å². The molecule has 0 bridgehead atoms. The maximum absolute atomic E-state index is 5.90. The molecule has 2 atom stereocenters. The Hall–Kier alpha value is -2.51. The van der Waals surface area contributed by atoms with Crippen LogP contribution in [0.1, 0.15) is 50.9 Å². The molecule has 3 aromatic rings. The van der Waals surface area contributed by atoms with E-state index in [-0.39, 0.29) is 0 Å². The van der Waals surface area contributed by atoms with Crippen molar-refractivity contribution in [3.63, 3.8) is 0 Å². The lowest BCUT2D eigenvalue weighted by Gasteiger charge is -2.39. The van der Waals surface area contributed by atoms with E-state index in [1.807, 2.05) is 6.92 Å². The van der Waals surface area contributed by atoms with Gasteiger partial charge in [-0.3, -0.25) is 0 Å². The molecule has 0 amide bonds. The summed E-state index contributed by atoms with van der Waals surface area (Å²) in [5.41, 5.74) is 3.13. The molecule has 1 aromatic carbocycles. The molecule has 0 radical (unpaired) electrons. The van der Waals surface area contributed by atoms with Gasteiger partial charge in [-0.15, -0.1) is 0 Å². The van der Waals surface area contributed by atoms with Crippen molar-refractivity contribution in [2.24, 2.45) is 0 Å². The summed E-state index contributed by atoms with van der Waals surface area (Å²) in [5.74, 6) is 2.12. The van der Waals surface area contributed by atoms with E-state index in [1.165, 1.54) is 5.56 Å². The molecule has 0 aliphatic carbocycles. The molecule has 0 saturated carbocycles. The van der Waals surface area contributed by atoms with Crippen molar-refractivity contribution in [3.8, 4) is 11.5 Å². The number of hydrogen-bond acceptors (Lipinski definition) is 7. The van der Waals surface area contributed by atoms with Gasteiger partial charge >= 0.3 is 0 Å². The lowest BCUT2D eigenvalue weighted by atomic mass is 9.96. The van der Waals surface area contributed by atoms with Gasteiger partial charge < -0.3 is 19.5 Å². The van der Waals surface area contributed by atoms with Gasteiger partial charge in [0.1, 0.15) is 5.82 Å². The van der Waals surface area contributed by atoms with Crippen LogP contribution in [0.5, 0.6) is 0 Å². The first-order chi connectivity index (χ1) is 15.4. The molecule has 0 spiro atoms. The summed E-state index contributed by atoms with van der Waals surface area (Å²) in [5, 5.41) is 9.02. The van der Waals surface area contributed by atoms with Gasteiger partial charge in [0, 0.05) is 30.6 Å². The number of rotatable bonds is 4. The Labute approximate surface area is 189 Å². The third-order valence-corrected chi connectivity index (χ3v) is 6.67. The number of aryl methyl sites for hydroxylation is 2. The van der Waals surface area contributed by atoms with Crippen LogP contribution in [0, 0.1) is 13.8 Å². The molecule has 2 unspecified atom stereocenters. The Kier molecular flexibility index (Phi) is 5.86. The molecule has 2 aliphatic heterocycles. The quantitative estimate of drug-likeness (QED) is 0.650. The van der Waals surface area contributed by atoms with Crippen LogP contribution in [-0.4, -0.2) is 52.5 Å². The Bertz CT molecular complexity index is 1080. The van der Waals surface area contributed by atoms with Crippen molar-refractivity contribution in [2.45, 2.75) is 77.7 Å². The van der Waals surface area contributed by atoms with E-state index in [9.17, 15) is 0 Å². The maximum atomic E-state index is 5.90. The Balaban J connectivity index is 1.36. The van der Waals surface area contributed by atoms with Gasteiger partial charge in [0.05, 0.1) is 23.3 Å². The molecule has 4 heterocycles. The second kappa shape index (κ2) is 8.79. The largest absolute Gasteiger partial charge is 0.375 e. The molecule has 1 N–H and O–H groups in total. The molecule has 7 nitrogen and oxygen atoms in total. The van der Waals surface area contributed by atoms with Crippen molar-refractivity contribution in [1.82, 2.24) is 20.4 Å². The number of benzene rings is 1. The standard InChI is InChI=1S/C25H33N5O2/c1-15-5-6-23-19(11-15)14-22(25-26-18(4)29-32-25)24(28-23)30-9-7-20(8-10-30)27-21-12-16(2)31-17(3)13-21/h5-6,11,14,16-17,20-21,27H,7-10,12-13H2,1-4H3. The summed E-state index contributed by atoms with van der Waals surface area (Å²) in [6.07, 6.45) is 5.05. The third-order valence-electron chi connectivity index (χ3n) is 6.67. The van der Waals surface area contributed by atoms with Crippen LogP contribution >= 0.6 is 0 Å². The normalized spacial score (nSPS) is 24.9. The van der Waals surface area contributed by atoms with Crippen LogP contribution in [-0.2, 0) is 4.74 Å². The Morgan fingerprint density at radius 3 is 2.41 bits per heavy atom. The zero-order valence-electron chi connectivity index (χ0n) is 19.5. The molecule has 2 aromatic heterocycles. The molecular formula is C25H33N5O2. The van der Waals surface area contributed by atoms with Crippen molar-refractivity contribution in [2.75, 3.05) is 18.0 Å². The summed E-state index contributed by atoms with van der Waals surface area (Å²) >= 11 is 0. The van der Waals surface area contributed by atoms with Crippen LogP contribution in [0.25, 0.3) is 22.4 Å². The van der Waals surface area contributed by atoms with Crippen LogP contribution in [0.2, 0.25) is 0 Å². The minimum Gasteiger partial charge on any atom is -0.375 e. The first kappa shape index (κ1) is 21.3. The van der Waals surface area contributed by atoms with Gasteiger partial charge in [0.2, 0.25) is 0 Å². The second-order valence-electron chi connectivity index (χ2n) is 9.56. The molecule has 32 heavy (non-hydrogen) atoms. The lowest BCUT2D eigenvalue weighted by Crippen LogP contribution is -2.50. The van der Waals surface area contributed by atoms with Crippen LogP contribution in [0.3, 0.4) is 0 Å². The number of hydrogen-bond donors (Lipinski definition) is 1. The number of anilines is 1. The highest BCUT2D eigenvalue weighted by molar-refractivity contribution is 5.88. The second-order valence-corrected chi connectivity index (χ2v) is 9.56. The number of ether oxygens (including phenoxy) is 1. The topological polar surface area (TPSA) is 76.3 Å². The van der Waals surface area contributed by atoms with Gasteiger partial charge in [-0.2, -0.15) is 4.98 Å². The van der Waals surface area contributed by atoms with Crippen LogP contribution < -0.4 is 10.2 Å². The fourth-order valence-electron chi connectivity index (χ4n) is 5.22. The van der Waals surface area contributed by atoms with E-state index >= 15 is 0 Å². The summed E-state index contributed by atoms with van der Waals surface area (Å²) in [6, 6.07) is 9.59. The molecule has 2 aliphatic rings. The summed E-state index contributed by atoms with van der Waals surface area (Å²) in [6.45, 7) is 10.2. The number of nitrogens with zero attached hydrogens (tertiary/aromatic N) is 4. The monoisotopic (exact) mass is 435 g/mol. The summed E-state index contributed by atoms with van der Waals surface area (Å²) < 4.78 is 11.5. The van der Waals surface area contributed by atoms with Crippen molar-refractivity contribution < 1.29 is 9.26 Å². The van der Waals surface area contributed by atoms with Gasteiger partial charge in [-0.1, -0.05) is 16.8 Å². The number of nitrogens with one attached hydrogen (secondary N) is 1. The predicted octanol–water partition coefficient (Wildman–Crippen LogP) is 4.42. The molecule has 7 heteroatoms. The van der Waals surface area contributed by atoms with E-state index in [2.05, 4.69) is 65.4 Å². The van der Waals surface area contributed by atoms with Gasteiger partial charge in [-0.25, -0.2) is 4.98 Å². The van der Waals surface area contributed by atoms with Crippen LogP contribution in [0.4, 0.5) is 5.82 Å². The van der Waals surface area contributed by atoms with Crippen molar-refractivity contribution >= 4 is 16.7 Å². The summed E-state index contributed by atoms with van der Waals surface area (Å²) in [7, 11) is 0. The SMILES string of the molecule is Cc1ccc2nc(N3CCC(NC4CC(C)OC(C)C4)CC3)c(-c3nc(C)no3)cc2c1. The fourth-order valence-corrected chi connectivity index (χ4v) is 5.22. The average molecular weight is 436 g/mol. The van der Waals surface area contributed by atoms with Gasteiger partial charge in [-0.05, 0) is 71.6 Å². The zero-order valence-corrected chi connectivity index (χ0v) is 19.5. The highest BCUT2D eigenvalue weighted by atomic mass is 16.5. The van der Waals surface area contributed by atoms with Crippen LogP contribution in [0.15, 0.2) is 28.8 Å².